The van der Waals surface area contributed by atoms with Crippen LogP contribution < -0.4 is 0 Å². The Bertz CT molecular complexity index is 972. The van der Waals surface area contributed by atoms with Crippen molar-refractivity contribution in [2.24, 2.45) is 17.8 Å². The molecule has 3 fully saturated rings. The summed E-state index contributed by atoms with van der Waals surface area (Å²) in [6, 6.07) is 0.206. The summed E-state index contributed by atoms with van der Waals surface area (Å²) in [7, 11) is 5.76. The van der Waals surface area contributed by atoms with Gasteiger partial charge in [-0.25, -0.2) is 18.2 Å². The second-order valence-corrected chi connectivity index (χ2v) is 14.5. The Morgan fingerprint density at radius 2 is 1.76 bits per heavy atom. The first kappa shape index (κ1) is 31.6. The number of thioether (sulfide) groups is 1. The van der Waals surface area contributed by atoms with E-state index in [-0.39, 0.29) is 12.1 Å². The third-order valence-corrected chi connectivity index (χ3v) is 11.6. The number of imidazole rings is 1. The normalized spacial score (nSPS) is 38.2. The molecule has 0 bridgehead atoms. The third-order valence-electron chi connectivity index (χ3n) is 10.5. The van der Waals surface area contributed by atoms with Crippen LogP contribution in [0.5, 0.6) is 0 Å². The predicted octanol–water partition coefficient (Wildman–Crippen LogP) is 7.33. The van der Waals surface area contributed by atoms with Gasteiger partial charge in [0.05, 0.1) is 24.5 Å². The van der Waals surface area contributed by atoms with Crippen LogP contribution in [0.15, 0.2) is 5.16 Å². The number of methoxy groups -OCH3 is 1. The van der Waals surface area contributed by atoms with Gasteiger partial charge in [-0.2, -0.15) is 0 Å². The number of ether oxygens (including phenoxy) is 2. The van der Waals surface area contributed by atoms with Crippen molar-refractivity contribution in [3.8, 4) is 0 Å². The molecule has 5 nitrogen and oxygen atoms in total. The lowest BCUT2D eigenvalue weighted by Gasteiger charge is -2.40. The Hall–Kier alpha value is -0.770. The lowest BCUT2D eigenvalue weighted by molar-refractivity contribution is -0.0676. The highest BCUT2D eigenvalue weighted by atomic mass is 32.2. The van der Waals surface area contributed by atoms with Crippen molar-refractivity contribution in [3.05, 3.63) is 11.4 Å². The molecule has 234 valence electrons. The molecule has 0 radical (unpaired) electrons. The minimum Gasteiger partial charge on any atom is -0.381 e. The van der Waals surface area contributed by atoms with Gasteiger partial charge in [-0.05, 0) is 103 Å². The van der Waals surface area contributed by atoms with Gasteiger partial charge in [0.25, 0.3) is 0 Å². The van der Waals surface area contributed by atoms with E-state index >= 15 is 8.78 Å². The average molecular weight is 600 g/mol. The van der Waals surface area contributed by atoms with Crippen LogP contribution in [0.1, 0.15) is 101 Å². The van der Waals surface area contributed by atoms with Gasteiger partial charge in [-0.15, -0.1) is 0 Å². The maximum atomic E-state index is 15.6. The quantitative estimate of drug-likeness (QED) is 0.263. The second-order valence-electron chi connectivity index (χ2n) is 13.6. The SMILES string of the molecule is COC1CC(C2CCCc3nc(SCC4C(F)CCC(OCCN(C)C)C4F)n(C4CCC(F)CC4)c32)CCC1C. The van der Waals surface area contributed by atoms with Crippen molar-refractivity contribution in [1.82, 2.24) is 14.5 Å². The molecular formula is C32H52F3N3O2S. The molecule has 0 amide bonds. The van der Waals surface area contributed by atoms with Gasteiger partial charge in [-0.1, -0.05) is 18.7 Å². The molecule has 3 saturated carbocycles. The minimum atomic E-state index is -1.32. The van der Waals surface area contributed by atoms with Crippen molar-refractivity contribution in [2.75, 3.05) is 40.1 Å². The number of halogens is 3. The number of aromatic nitrogens is 2. The van der Waals surface area contributed by atoms with Gasteiger partial charge in [0.15, 0.2) is 5.16 Å². The van der Waals surface area contributed by atoms with Crippen LogP contribution >= 0.6 is 11.8 Å². The highest BCUT2D eigenvalue weighted by Gasteiger charge is 2.43. The smallest absolute Gasteiger partial charge is 0.168 e. The molecule has 0 spiro atoms. The van der Waals surface area contributed by atoms with Crippen molar-refractivity contribution in [3.63, 3.8) is 0 Å². The lowest BCUT2D eigenvalue weighted by atomic mass is 9.70. The molecule has 8 unspecified atom stereocenters. The van der Waals surface area contributed by atoms with E-state index in [0.717, 1.165) is 50.2 Å². The molecule has 1 aromatic heterocycles. The van der Waals surface area contributed by atoms with Crippen molar-refractivity contribution < 1.29 is 22.6 Å². The van der Waals surface area contributed by atoms with E-state index in [0.29, 0.717) is 55.8 Å². The lowest BCUT2D eigenvalue weighted by Crippen LogP contribution is -2.44. The Morgan fingerprint density at radius 3 is 2.49 bits per heavy atom. The topological polar surface area (TPSA) is 39.5 Å². The van der Waals surface area contributed by atoms with Crippen molar-refractivity contribution in [1.29, 1.82) is 0 Å². The first-order valence-corrected chi connectivity index (χ1v) is 17.2. The molecule has 41 heavy (non-hydrogen) atoms. The van der Waals surface area contributed by atoms with E-state index in [9.17, 15) is 4.39 Å². The van der Waals surface area contributed by atoms with E-state index in [1.165, 1.54) is 36.0 Å². The van der Waals surface area contributed by atoms with Crippen LogP contribution in [0.25, 0.3) is 0 Å². The van der Waals surface area contributed by atoms with Crippen LogP contribution in [-0.2, 0) is 15.9 Å². The Kier molecular flexibility index (Phi) is 11.1. The zero-order valence-electron chi connectivity index (χ0n) is 25.6. The van der Waals surface area contributed by atoms with Gasteiger partial charge in [0, 0.05) is 43.0 Å². The highest BCUT2D eigenvalue weighted by molar-refractivity contribution is 7.99. The zero-order chi connectivity index (χ0) is 29.1. The monoisotopic (exact) mass is 599 g/mol. The van der Waals surface area contributed by atoms with Crippen molar-refractivity contribution >= 4 is 11.8 Å². The number of likely N-dealkylation sites (N-methyl/N-ethyl adjacent to an activating group) is 1. The molecule has 9 heteroatoms. The maximum Gasteiger partial charge on any atom is 0.168 e. The maximum absolute atomic E-state index is 15.6. The number of fused-ring (bicyclic) bond motifs is 1. The number of hydrogen-bond donors (Lipinski definition) is 0. The fourth-order valence-electron chi connectivity index (χ4n) is 7.98. The highest BCUT2D eigenvalue weighted by Crippen LogP contribution is 2.48. The minimum absolute atomic E-state index is 0.206. The summed E-state index contributed by atoms with van der Waals surface area (Å²) in [6.45, 7) is 3.47. The number of rotatable bonds is 10. The van der Waals surface area contributed by atoms with Gasteiger partial charge >= 0.3 is 0 Å². The summed E-state index contributed by atoms with van der Waals surface area (Å²) >= 11 is 1.52. The van der Waals surface area contributed by atoms with Crippen LogP contribution in [-0.4, -0.2) is 85.3 Å². The molecule has 0 saturated heterocycles. The third kappa shape index (κ3) is 7.31. The zero-order valence-corrected chi connectivity index (χ0v) is 26.4. The van der Waals surface area contributed by atoms with Gasteiger partial charge < -0.3 is 18.9 Å². The Balaban J connectivity index is 1.37. The molecule has 1 heterocycles. The van der Waals surface area contributed by atoms with Gasteiger partial charge in [0.1, 0.15) is 18.5 Å². The molecule has 5 rings (SSSR count). The van der Waals surface area contributed by atoms with Gasteiger partial charge in [-0.3, -0.25) is 0 Å². The van der Waals surface area contributed by atoms with E-state index in [2.05, 4.69) is 11.5 Å². The Labute approximate surface area is 249 Å². The fraction of sp³-hybridized carbons (Fsp3) is 0.906. The summed E-state index contributed by atoms with van der Waals surface area (Å²) < 4.78 is 59.2. The first-order chi connectivity index (χ1) is 19.8. The van der Waals surface area contributed by atoms with Crippen molar-refractivity contribution in [2.45, 2.75) is 132 Å². The molecule has 1 aromatic rings. The van der Waals surface area contributed by atoms with E-state index < -0.39 is 30.5 Å². The van der Waals surface area contributed by atoms with Crippen LogP contribution in [0.4, 0.5) is 13.2 Å². The molecule has 8 atom stereocenters. The van der Waals surface area contributed by atoms with E-state index in [4.69, 9.17) is 14.5 Å². The summed E-state index contributed by atoms with van der Waals surface area (Å²) in [6.07, 6.45) is 6.68. The summed E-state index contributed by atoms with van der Waals surface area (Å²) in [4.78, 5) is 7.20. The van der Waals surface area contributed by atoms with E-state index in [1.807, 2.05) is 26.1 Å². The summed E-state index contributed by atoms with van der Waals surface area (Å²) in [5.74, 6) is 1.18. The second kappa shape index (κ2) is 14.3. The summed E-state index contributed by atoms with van der Waals surface area (Å²) in [5, 5.41) is 0.895. The largest absolute Gasteiger partial charge is 0.381 e. The van der Waals surface area contributed by atoms with Crippen LogP contribution in [0, 0.1) is 17.8 Å². The first-order valence-electron chi connectivity index (χ1n) is 16.2. The molecule has 0 N–H and O–H groups in total. The standard InChI is InChI=1S/C32H52F3N3O2S/c1-20-8-9-21(18-29(20)39-4)24-6-5-7-27-31(24)38(23-12-10-22(33)11-13-23)32(36-27)41-19-25-26(34)14-15-28(30(25)35)40-17-16-37(2)3/h20-26,28-30H,5-19H2,1-4H3. The number of hydrogen-bond acceptors (Lipinski definition) is 5. The number of nitrogens with zero attached hydrogens (tertiary/aromatic N) is 3. The van der Waals surface area contributed by atoms with Crippen LogP contribution in [0.2, 0.25) is 0 Å². The molecule has 4 aliphatic rings. The average Bonchev–Trinajstić information content (AvgIpc) is 3.33. The van der Waals surface area contributed by atoms with E-state index in [1.54, 1.807) is 0 Å². The number of alkyl halides is 3. The van der Waals surface area contributed by atoms with Crippen LogP contribution in [0.3, 0.4) is 0 Å². The van der Waals surface area contributed by atoms with Gasteiger partial charge in [0.2, 0.25) is 0 Å². The Morgan fingerprint density at radius 1 is 0.976 bits per heavy atom. The summed E-state index contributed by atoms with van der Waals surface area (Å²) in [5.41, 5.74) is 2.51. The molecule has 0 aromatic carbocycles. The number of aryl methyl sites for hydroxylation is 1. The molecule has 0 aliphatic heterocycles. The fourth-order valence-corrected chi connectivity index (χ4v) is 9.28. The predicted molar refractivity (Wildman–Crippen MR) is 159 cm³/mol. The molecule has 4 aliphatic carbocycles. The molecular weight excluding hydrogens is 547 g/mol.